The predicted molar refractivity (Wildman–Crippen MR) is 71.4 cm³/mol. The SMILES string of the molecule is CC(N)CCS(=O)Cc1cc(Cl)ccc1Cl. The van der Waals surface area contributed by atoms with Crippen molar-refractivity contribution in [3.05, 3.63) is 33.8 Å². The number of hydrogen-bond acceptors (Lipinski definition) is 2. The van der Waals surface area contributed by atoms with Crippen LogP contribution in [0.25, 0.3) is 0 Å². The van der Waals surface area contributed by atoms with Gasteiger partial charge >= 0.3 is 0 Å². The molecule has 2 nitrogen and oxygen atoms in total. The predicted octanol–water partition coefficient (Wildman–Crippen LogP) is 2.98. The fraction of sp³-hybridized carbons (Fsp3) is 0.455. The van der Waals surface area contributed by atoms with Gasteiger partial charge in [-0.1, -0.05) is 23.2 Å². The summed E-state index contributed by atoms with van der Waals surface area (Å²) in [6.07, 6.45) is 0.755. The summed E-state index contributed by atoms with van der Waals surface area (Å²) < 4.78 is 11.7. The summed E-state index contributed by atoms with van der Waals surface area (Å²) in [6, 6.07) is 5.28. The molecular weight excluding hydrogens is 265 g/mol. The molecular formula is C11H15Cl2NOS. The quantitative estimate of drug-likeness (QED) is 0.901. The van der Waals surface area contributed by atoms with Crippen LogP contribution in [0.4, 0.5) is 0 Å². The summed E-state index contributed by atoms with van der Waals surface area (Å²) >= 11 is 11.8. The van der Waals surface area contributed by atoms with Crippen LogP contribution in [0.1, 0.15) is 18.9 Å². The Kier molecular flexibility index (Phi) is 5.76. The van der Waals surface area contributed by atoms with E-state index in [1.807, 2.05) is 6.92 Å². The molecule has 2 unspecified atom stereocenters. The van der Waals surface area contributed by atoms with E-state index < -0.39 is 10.8 Å². The van der Waals surface area contributed by atoms with Crippen LogP contribution in [0, 0.1) is 0 Å². The highest BCUT2D eigenvalue weighted by molar-refractivity contribution is 7.84. The highest BCUT2D eigenvalue weighted by Crippen LogP contribution is 2.22. The third-order valence-electron chi connectivity index (χ3n) is 2.13. The summed E-state index contributed by atoms with van der Waals surface area (Å²) in [5.74, 6) is 1.03. The lowest BCUT2D eigenvalue weighted by atomic mass is 10.2. The molecule has 0 aliphatic carbocycles. The molecule has 0 saturated carbocycles. The summed E-state index contributed by atoms with van der Waals surface area (Å²) in [6.45, 7) is 1.91. The van der Waals surface area contributed by atoms with Crippen LogP contribution in [0.5, 0.6) is 0 Å². The van der Waals surface area contributed by atoms with Crippen LogP contribution < -0.4 is 5.73 Å². The first kappa shape index (κ1) is 14.0. The molecule has 0 saturated heterocycles. The molecule has 0 aliphatic heterocycles. The van der Waals surface area contributed by atoms with Gasteiger partial charge in [-0.3, -0.25) is 4.21 Å². The van der Waals surface area contributed by atoms with Crippen molar-refractivity contribution in [2.24, 2.45) is 5.73 Å². The summed E-state index contributed by atoms with van der Waals surface area (Å²) in [5, 5.41) is 1.22. The smallest absolute Gasteiger partial charge is 0.0500 e. The lowest BCUT2D eigenvalue weighted by molar-refractivity contribution is 0.667. The monoisotopic (exact) mass is 279 g/mol. The molecule has 1 aromatic carbocycles. The second-order valence-corrected chi connectivity index (χ2v) is 6.21. The molecule has 2 atom stereocenters. The van der Waals surface area contributed by atoms with Crippen LogP contribution in [0.2, 0.25) is 10.0 Å². The maximum atomic E-state index is 11.7. The zero-order chi connectivity index (χ0) is 12.1. The molecule has 0 aromatic heterocycles. The van der Waals surface area contributed by atoms with Gasteiger partial charge in [0.15, 0.2) is 0 Å². The van der Waals surface area contributed by atoms with Gasteiger partial charge in [0.05, 0.1) is 5.75 Å². The Balaban J connectivity index is 2.59. The van der Waals surface area contributed by atoms with Gasteiger partial charge in [-0.2, -0.15) is 0 Å². The Morgan fingerprint density at radius 1 is 1.44 bits per heavy atom. The minimum absolute atomic E-state index is 0.0822. The van der Waals surface area contributed by atoms with Crippen molar-refractivity contribution in [1.82, 2.24) is 0 Å². The number of benzene rings is 1. The second-order valence-electron chi connectivity index (χ2n) is 3.79. The molecule has 0 aliphatic rings. The normalized spacial score (nSPS) is 14.8. The van der Waals surface area contributed by atoms with Crippen molar-refractivity contribution in [1.29, 1.82) is 0 Å². The van der Waals surface area contributed by atoms with E-state index >= 15 is 0 Å². The molecule has 5 heteroatoms. The first-order valence-electron chi connectivity index (χ1n) is 5.03. The molecule has 0 spiro atoms. The molecule has 0 radical (unpaired) electrons. The molecule has 2 N–H and O–H groups in total. The fourth-order valence-electron chi connectivity index (χ4n) is 1.22. The van der Waals surface area contributed by atoms with E-state index in [-0.39, 0.29) is 6.04 Å². The highest BCUT2D eigenvalue weighted by Gasteiger charge is 2.07. The number of nitrogens with two attached hydrogens (primary N) is 1. The third kappa shape index (κ3) is 4.83. The van der Waals surface area contributed by atoms with Crippen molar-refractivity contribution in [3.8, 4) is 0 Å². The first-order valence-corrected chi connectivity index (χ1v) is 7.28. The van der Waals surface area contributed by atoms with Crippen molar-refractivity contribution in [3.63, 3.8) is 0 Å². The Hall–Kier alpha value is -0.0900. The molecule has 0 bridgehead atoms. The summed E-state index contributed by atoms with van der Waals surface area (Å²) in [4.78, 5) is 0. The molecule has 1 aromatic rings. The van der Waals surface area contributed by atoms with Crippen molar-refractivity contribution < 1.29 is 4.21 Å². The molecule has 0 heterocycles. The van der Waals surface area contributed by atoms with Gasteiger partial charge in [-0.25, -0.2) is 0 Å². The Bertz CT molecular complexity index is 382. The van der Waals surface area contributed by atoms with E-state index in [2.05, 4.69) is 0 Å². The minimum atomic E-state index is -0.933. The van der Waals surface area contributed by atoms with E-state index in [1.54, 1.807) is 18.2 Å². The topological polar surface area (TPSA) is 43.1 Å². The minimum Gasteiger partial charge on any atom is -0.328 e. The van der Waals surface area contributed by atoms with Gasteiger partial charge in [0.1, 0.15) is 0 Å². The molecule has 0 amide bonds. The van der Waals surface area contributed by atoms with Gasteiger partial charge in [-0.15, -0.1) is 0 Å². The van der Waals surface area contributed by atoms with Gasteiger partial charge < -0.3 is 5.73 Å². The van der Waals surface area contributed by atoms with Crippen molar-refractivity contribution in [2.45, 2.75) is 25.1 Å². The summed E-state index contributed by atoms with van der Waals surface area (Å²) in [5.41, 5.74) is 6.44. The molecule has 16 heavy (non-hydrogen) atoms. The van der Waals surface area contributed by atoms with Crippen LogP contribution >= 0.6 is 23.2 Å². The van der Waals surface area contributed by atoms with Crippen molar-refractivity contribution in [2.75, 3.05) is 5.75 Å². The van der Waals surface area contributed by atoms with E-state index in [0.717, 1.165) is 12.0 Å². The molecule has 0 fully saturated rings. The lowest BCUT2D eigenvalue weighted by Gasteiger charge is -2.07. The van der Waals surface area contributed by atoms with Crippen LogP contribution in [0.3, 0.4) is 0 Å². The van der Waals surface area contributed by atoms with E-state index in [1.165, 1.54) is 0 Å². The first-order chi connectivity index (χ1) is 7.49. The standard InChI is InChI=1S/C11H15Cl2NOS/c1-8(14)4-5-16(15)7-9-6-10(12)2-3-11(9)13/h2-3,6,8H,4-5,7,14H2,1H3. The lowest BCUT2D eigenvalue weighted by Crippen LogP contribution is -2.18. The Morgan fingerprint density at radius 2 is 2.12 bits per heavy atom. The average molecular weight is 280 g/mol. The maximum Gasteiger partial charge on any atom is 0.0500 e. The number of halogens is 2. The number of hydrogen-bond donors (Lipinski definition) is 1. The van der Waals surface area contributed by atoms with Crippen LogP contribution in [-0.2, 0) is 16.6 Å². The van der Waals surface area contributed by atoms with Gasteiger partial charge in [-0.05, 0) is 37.1 Å². The number of rotatable bonds is 5. The average Bonchev–Trinajstić information content (AvgIpc) is 2.20. The van der Waals surface area contributed by atoms with Gasteiger partial charge in [0, 0.05) is 32.6 Å². The maximum absolute atomic E-state index is 11.7. The Labute approximate surface area is 109 Å². The fourth-order valence-corrected chi connectivity index (χ4v) is 3.04. The highest BCUT2D eigenvalue weighted by atomic mass is 35.5. The van der Waals surface area contributed by atoms with Crippen LogP contribution in [0.15, 0.2) is 18.2 Å². The van der Waals surface area contributed by atoms with Crippen LogP contribution in [-0.4, -0.2) is 16.0 Å². The van der Waals surface area contributed by atoms with Crippen molar-refractivity contribution >= 4 is 34.0 Å². The second kappa shape index (κ2) is 6.60. The van der Waals surface area contributed by atoms with Gasteiger partial charge in [0.25, 0.3) is 0 Å². The van der Waals surface area contributed by atoms with E-state index in [0.29, 0.717) is 21.6 Å². The largest absolute Gasteiger partial charge is 0.328 e. The van der Waals surface area contributed by atoms with E-state index in [9.17, 15) is 4.21 Å². The van der Waals surface area contributed by atoms with Gasteiger partial charge in [0.2, 0.25) is 0 Å². The molecule has 1 rings (SSSR count). The zero-order valence-corrected chi connectivity index (χ0v) is 11.4. The Morgan fingerprint density at radius 3 is 2.75 bits per heavy atom. The molecule has 90 valence electrons. The zero-order valence-electron chi connectivity index (χ0n) is 9.08. The third-order valence-corrected chi connectivity index (χ3v) is 4.05. The summed E-state index contributed by atoms with van der Waals surface area (Å²) in [7, 11) is -0.933. The van der Waals surface area contributed by atoms with E-state index in [4.69, 9.17) is 28.9 Å².